The first-order valence-electron chi connectivity index (χ1n) is 10.9. The Morgan fingerprint density at radius 1 is 0.923 bits per heavy atom. The fourth-order valence-corrected chi connectivity index (χ4v) is 3.36. The lowest BCUT2D eigenvalue weighted by Gasteiger charge is -2.19. The average molecular weight is 555 g/mol. The molecular weight excluding hydrogens is 536 g/mol. The molecule has 0 spiro atoms. The highest BCUT2D eigenvalue weighted by Gasteiger charge is 2.37. The number of carboxylic acid groups (broad SMARTS) is 1. The smallest absolute Gasteiger partial charge is 0.422 e. The van der Waals surface area contributed by atoms with Gasteiger partial charge in [0.1, 0.15) is 5.75 Å². The van der Waals surface area contributed by atoms with E-state index in [0.717, 1.165) is 5.69 Å². The van der Waals surface area contributed by atoms with Crippen LogP contribution in [0.15, 0.2) is 54.7 Å². The molecule has 0 saturated carbocycles. The van der Waals surface area contributed by atoms with E-state index in [0.29, 0.717) is 17.2 Å². The van der Waals surface area contributed by atoms with E-state index in [-0.39, 0.29) is 11.6 Å². The molecule has 39 heavy (non-hydrogen) atoms. The summed E-state index contributed by atoms with van der Waals surface area (Å²) in [4.78, 5) is 40.6. The number of anilines is 2. The second kappa shape index (κ2) is 11.4. The Bertz CT molecular complexity index is 1390. The molecule has 8 nitrogen and oxygen atoms in total. The summed E-state index contributed by atoms with van der Waals surface area (Å²) in [6.45, 7) is -0.291. The molecule has 0 atom stereocenters. The summed E-state index contributed by atoms with van der Waals surface area (Å²) in [7, 11) is 0. The first-order chi connectivity index (χ1) is 18.1. The van der Waals surface area contributed by atoms with Gasteiger partial charge in [0, 0.05) is 29.1 Å². The van der Waals surface area contributed by atoms with Crippen LogP contribution in [0, 0.1) is 6.92 Å². The third-order valence-corrected chi connectivity index (χ3v) is 5.08. The number of amides is 2. The van der Waals surface area contributed by atoms with Crippen molar-refractivity contribution in [3.8, 4) is 16.9 Å². The second-order valence-corrected chi connectivity index (χ2v) is 8.14. The maximum atomic E-state index is 13.5. The molecule has 14 heteroatoms. The van der Waals surface area contributed by atoms with E-state index in [4.69, 9.17) is 5.11 Å². The van der Waals surface area contributed by atoms with Crippen LogP contribution < -0.4 is 15.4 Å². The zero-order valence-electron chi connectivity index (χ0n) is 19.9. The van der Waals surface area contributed by atoms with Crippen molar-refractivity contribution in [3.63, 3.8) is 0 Å². The zero-order valence-corrected chi connectivity index (χ0v) is 19.9. The highest BCUT2D eigenvalue weighted by atomic mass is 19.4. The van der Waals surface area contributed by atoms with Crippen LogP contribution in [-0.4, -0.2) is 40.7 Å². The molecule has 0 aliphatic carbocycles. The predicted octanol–water partition coefficient (Wildman–Crippen LogP) is 6.32. The third kappa shape index (κ3) is 8.18. The number of aromatic nitrogens is 1. The van der Waals surface area contributed by atoms with Crippen LogP contribution in [0.2, 0.25) is 0 Å². The Morgan fingerprint density at radius 3 is 2.21 bits per heavy atom. The van der Waals surface area contributed by atoms with Crippen LogP contribution in [0.5, 0.6) is 5.75 Å². The third-order valence-electron chi connectivity index (χ3n) is 5.08. The molecule has 0 unspecified atom stereocenters. The van der Waals surface area contributed by atoms with Gasteiger partial charge in [-0.15, -0.1) is 0 Å². The summed E-state index contributed by atoms with van der Waals surface area (Å²) < 4.78 is 82.4. The largest absolute Gasteiger partial charge is 0.483 e. The number of ketones is 1. The van der Waals surface area contributed by atoms with Gasteiger partial charge in [0.05, 0.1) is 23.4 Å². The lowest BCUT2D eigenvalue weighted by Crippen LogP contribution is -2.22. The monoisotopic (exact) mass is 555 g/mol. The van der Waals surface area contributed by atoms with Gasteiger partial charge in [-0.1, -0.05) is 24.3 Å². The van der Waals surface area contributed by atoms with Crippen molar-refractivity contribution >= 4 is 29.2 Å². The molecular formula is C25H19F6N3O5. The summed E-state index contributed by atoms with van der Waals surface area (Å²) in [6.07, 6.45) is -11.3. The quantitative estimate of drug-likeness (QED) is 0.170. The molecule has 0 radical (unpaired) electrons. The Balaban J connectivity index is 1.86. The fraction of sp³-hybridized carbons (Fsp3) is 0.200. The van der Waals surface area contributed by atoms with Crippen LogP contribution in [0.3, 0.4) is 0 Å². The van der Waals surface area contributed by atoms with Crippen LogP contribution in [0.4, 0.5) is 42.5 Å². The minimum absolute atomic E-state index is 0.110. The van der Waals surface area contributed by atoms with Crippen LogP contribution in [0.1, 0.15) is 28.0 Å². The number of carbonyl (C=O) groups excluding carboxylic acids is 2. The molecule has 3 aromatic rings. The summed E-state index contributed by atoms with van der Waals surface area (Å²) in [6, 6.07) is 10.3. The van der Waals surface area contributed by atoms with E-state index in [9.17, 15) is 40.7 Å². The van der Waals surface area contributed by atoms with Gasteiger partial charge in [-0.05, 0) is 30.7 Å². The standard InChI is InChI=1S/C25H19F6N3O5/c1-13-5-6-16(11-32-13)14-3-2-4-15(7-14)20(35)10-22(36)33-18-8-17(25(29,30)31)21(39-12-24(26,27)28)9-19(18)34-23(37)38/h2-9,11,34H,10,12H2,1H3,(H,33,36)(H,37,38). The number of ether oxygens (including phenoxy) is 1. The molecule has 0 aliphatic heterocycles. The molecule has 3 N–H and O–H groups in total. The van der Waals surface area contributed by atoms with Crippen LogP contribution >= 0.6 is 0 Å². The number of hydrogen-bond donors (Lipinski definition) is 3. The van der Waals surface area contributed by atoms with Crippen LogP contribution in [0.25, 0.3) is 11.1 Å². The van der Waals surface area contributed by atoms with Gasteiger partial charge in [-0.3, -0.25) is 19.9 Å². The van der Waals surface area contributed by atoms with Gasteiger partial charge >= 0.3 is 18.4 Å². The van der Waals surface area contributed by atoms with Gasteiger partial charge in [-0.25, -0.2) is 4.79 Å². The molecule has 3 rings (SSSR count). The van der Waals surface area contributed by atoms with Gasteiger partial charge in [0.2, 0.25) is 5.91 Å². The number of benzene rings is 2. The molecule has 2 aromatic carbocycles. The predicted molar refractivity (Wildman–Crippen MR) is 127 cm³/mol. The van der Waals surface area contributed by atoms with Crippen LogP contribution in [-0.2, 0) is 11.0 Å². The molecule has 206 valence electrons. The first kappa shape index (κ1) is 28.9. The molecule has 1 heterocycles. The fourth-order valence-electron chi connectivity index (χ4n) is 3.36. The minimum Gasteiger partial charge on any atom is -0.483 e. The first-order valence-corrected chi connectivity index (χ1v) is 10.9. The van der Waals surface area contributed by atoms with E-state index in [1.165, 1.54) is 12.1 Å². The van der Waals surface area contributed by atoms with Gasteiger partial charge < -0.3 is 15.2 Å². The number of aryl methyl sites for hydroxylation is 1. The number of alkyl halides is 6. The highest BCUT2D eigenvalue weighted by molar-refractivity contribution is 6.12. The number of hydrogen-bond acceptors (Lipinski definition) is 5. The van der Waals surface area contributed by atoms with Crippen molar-refractivity contribution in [2.24, 2.45) is 0 Å². The number of Topliss-reactive ketones (excluding diaryl/α,β-unsaturated/α-hetero) is 1. The van der Waals surface area contributed by atoms with E-state index in [2.05, 4.69) is 9.72 Å². The number of nitrogens with zero attached hydrogens (tertiary/aromatic N) is 1. The number of halogens is 6. The number of carbonyl (C=O) groups is 3. The number of rotatable bonds is 8. The zero-order chi connectivity index (χ0) is 29.0. The Morgan fingerprint density at radius 2 is 1.62 bits per heavy atom. The van der Waals surface area contributed by atoms with Crippen molar-refractivity contribution in [2.45, 2.75) is 25.7 Å². The lowest BCUT2D eigenvalue weighted by atomic mass is 10.0. The second-order valence-electron chi connectivity index (χ2n) is 8.14. The molecule has 0 aliphatic rings. The van der Waals surface area contributed by atoms with E-state index in [1.807, 2.05) is 5.32 Å². The van der Waals surface area contributed by atoms with E-state index in [1.54, 1.807) is 42.7 Å². The molecule has 0 fully saturated rings. The van der Waals surface area contributed by atoms with Crippen molar-refractivity contribution in [1.29, 1.82) is 0 Å². The summed E-state index contributed by atoms with van der Waals surface area (Å²) >= 11 is 0. The maximum absolute atomic E-state index is 13.5. The number of nitrogens with one attached hydrogen (secondary N) is 2. The molecule has 2 amide bonds. The summed E-state index contributed by atoms with van der Waals surface area (Å²) in [5.74, 6) is -3.13. The SMILES string of the molecule is Cc1ccc(-c2cccc(C(=O)CC(=O)Nc3cc(C(F)(F)F)c(OCC(F)(F)F)cc3NC(=O)O)c2)cn1. The summed E-state index contributed by atoms with van der Waals surface area (Å²) in [5, 5.41) is 12.7. The van der Waals surface area contributed by atoms with Gasteiger partial charge in [0.15, 0.2) is 12.4 Å². The molecule has 0 saturated heterocycles. The van der Waals surface area contributed by atoms with Crippen molar-refractivity contribution in [3.05, 3.63) is 71.5 Å². The molecule has 1 aromatic heterocycles. The molecule has 0 bridgehead atoms. The highest BCUT2D eigenvalue weighted by Crippen LogP contribution is 2.42. The Kier molecular flexibility index (Phi) is 8.47. The minimum atomic E-state index is -5.23. The Labute approximate surface area is 216 Å². The van der Waals surface area contributed by atoms with Crippen molar-refractivity contribution in [2.75, 3.05) is 17.2 Å². The van der Waals surface area contributed by atoms with E-state index >= 15 is 0 Å². The average Bonchev–Trinajstić information content (AvgIpc) is 2.83. The van der Waals surface area contributed by atoms with Gasteiger partial charge in [0.25, 0.3) is 0 Å². The maximum Gasteiger partial charge on any atom is 0.422 e. The van der Waals surface area contributed by atoms with Crippen molar-refractivity contribution < 1.29 is 50.6 Å². The lowest BCUT2D eigenvalue weighted by molar-refractivity contribution is -0.158. The van der Waals surface area contributed by atoms with E-state index < -0.39 is 65.9 Å². The Hall–Kier alpha value is -4.62. The van der Waals surface area contributed by atoms with Gasteiger partial charge in [-0.2, -0.15) is 26.3 Å². The van der Waals surface area contributed by atoms with Crippen molar-refractivity contribution in [1.82, 2.24) is 4.98 Å². The summed E-state index contributed by atoms with van der Waals surface area (Å²) in [5.41, 5.74) is -0.970. The topological polar surface area (TPSA) is 118 Å². The number of pyridine rings is 1. The normalized spacial score (nSPS) is 11.6.